The van der Waals surface area contributed by atoms with Crippen LogP contribution in [0.2, 0.25) is 13.1 Å². The van der Waals surface area contributed by atoms with Crippen LogP contribution in [0.3, 0.4) is 0 Å². The number of hydrogen-bond acceptors (Lipinski definition) is 0. The molecule has 0 aliphatic heterocycles. The zero-order valence-corrected chi connectivity index (χ0v) is 13.6. The van der Waals surface area contributed by atoms with Gasteiger partial charge in [0.1, 0.15) is 0 Å². The van der Waals surface area contributed by atoms with Crippen LogP contribution in [0.4, 0.5) is 0 Å². The Morgan fingerprint density at radius 1 is 1.43 bits per heavy atom. The van der Waals surface area contributed by atoms with E-state index in [2.05, 4.69) is 13.1 Å². The van der Waals surface area contributed by atoms with Crippen molar-refractivity contribution < 1.29 is 0 Å². The van der Waals surface area contributed by atoms with Crippen molar-refractivity contribution in [3.8, 4) is 0 Å². The summed E-state index contributed by atoms with van der Waals surface area (Å²) in [5, 5.41) is 0. The molecule has 0 aromatic carbocycles. The Labute approximate surface area is 57.1 Å². The fraction of sp³-hybridized carbons (Fsp3) is 1.00. The third kappa shape index (κ3) is 3.65. The van der Waals surface area contributed by atoms with Gasteiger partial charge in [0.25, 0.3) is 0 Å². The summed E-state index contributed by atoms with van der Waals surface area (Å²) in [6, 6.07) is 0. The van der Waals surface area contributed by atoms with Gasteiger partial charge in [-0.05, 0) is 28.1 Å². The minimum absolute atomic E-state index is 0.110. The van der Waals surface area contributed by atoms with E-state index in [9.17, 15) is 0 Å². The summed E-state index contributed by atoms with van der Waals surface area (Å²) in [6.07, 6.45) is 0. The van der Waals surface area contributed by atoms with Gasteiger partial charge in [0.15, 0.2) is 0 Å². The maximum absolute atomic E-state index is 2.63. The quantitative estimate of drug-likeness (QED) is 0.389. The molecule has 0 saturated carbocycles. The van der Waals surface area contributed by atoms with Gasteiger partial charge in [0.05, 0.1) is 0 Å². The Kier molecular flexibility index (Phi) is 4.63. The zero-order chi connectivity index (χ0) is 5.86. The fourth-order valence-corrected chi connectivity index (χ4v) is 76.4. The molecule has 0 aliphatic carbocycles. The molecule has 0 spiro atoms. The molecule has 5 heteroatoms. The lowest BCUT2D eigenvalue weighted by Gasteiger charge is -2.06. The largest absolute Gasteiger partial charge is 0.0768 e. The normalized spacial score (nSPS) is 21.4. The van der Waals surface area contributed by atoms with Gasteiger partial charge in [-0.15, -0.1) is 0 Å². The molecule has 0 amide bonds. The minimum atomic E-state index is 0.110. The molecule has 0 nitrogen and oxygen atoms in total. The molecule has 0 radical (unpaired) electrons. The highest BCUT2D eigenvalue weighted by Gasteiger charge is 2.05. The van der Waals surface area contributed by atoms with E-state index < -0.39 is 0 Å². The first-order valence-electron chi connectivity index (χ1n) is 3.18. The lowest BCUT2D eigenvalue weighted by Crippen LogP contribution is -2.36. The highest BCUT2D eigenvalue weighted by Crippen LogP contribution is 1.79. The van der Waals surface area contributed by atoms with E-state index in [4.69, 9.17) is 0 Å². The van der Waals surface area contributed by atoms with Gasteiger partial charge in [0.2, 0.25) is 0 Å². The molecule has 0 saturated heterocycles. The summed E-state index contributed by atoms with van der Waals surface area (Å²) in [4.78, 5) is 0. The molecule has 2 unspecified atom stereocenters. The van der Waals surface area contributed by atoms with Gasteiger partial charge in [-0.3, -0.25) is 0 Å². The molecular weight excluding hydrogens is 164 g/mol. The van der Waals surface area contributed by atoms with Gasteiger partial charge in [-0.2, -0.15) is 0 Å². The summed E-state index contributed by atoms with van der Waals surface area (Å²) in [5.41, 5.74) is 0. The Morgan fingerprint density at radius 2 is 1.86 bits per heavy atom. The van der Waals surface area contributed by atoms with E-state index in [0.29, 0.717) is 8.55 Å². The first kappa shape index (κ1) is 8.08. The van der Waals surface area contributed by atoms with E-state index in [-0.39, 0.29) is 15.7 Å². The molecule has 0 fully saturated rings. The van der Waals surface area contributed by atoms with E-state index in [1.807, 2.05) is 0 Å². The topological polar surface area (TPSA) is 0 Å². The Balaban J connectivity index is 3.14. The van der Waals surface area contributed by atoms with Crippen LogP contribution in [0.5, 0.6) is 0 Å². The second-order valence-corrected chi connectivity index (χ2v) is 41.3. The summed E-state index contributed by atoms with van der Waals surface area (Å²) in [7, 11) is 4.17. The van der Waals surface area contributed by atoms with E-state index >= 15 is 0 Å². The van der Waals surface area contributed by atoms with E-state index in [1.165, 1.54) is 0 Å². The standard InChI is InChI=1S/C2H16Si5/c1-6(4)7(2)5-3/h6-7H,5H2,1-4H3. The monoisotopic (exact) mass is 180 g/mol. The summed E-state index contributed by atoms with van der Waals surface area (Å²) in [5.74, 6) is 0. The highest BCUT2D eigenvalue weighted by atomic mass is 29.9. The van der Waals surface area contributed by atoms with Gasteiger partial charge in [0, 0.05) is 15.7 Å². The lowest BCUT2D eigenvalue weighted by atomic mass is 11.9. The molecule has 0 bridgehead atoms. The van der Waals surface area contributed by atoms with Crippen LogP contribution in [0.15, 0.2) is 0 Å². The molecule has 0 rings (SSSR count). The molecule has 2 atom stereocenters. The summed E-state index contributed by atoms with van der Waals surface area (Å²) < 4.78 is 0. The van der Waals surface area contributed by atoms with Gasteiger partial charge < -0.3 is 0 Å². The average molecular weight is 181 g/mol. The van der Waals surface area contributed by atoms with Crippen molar-refractivity contribution >= 4 is 43.7 Å². The molecule has 0 aliphatic rings. The molecule has 0 heterocycles. The van der Waals surface area contributed by atoms with Crippen LogP contribution >= 0.6 is 0 Å². The van der Waals surface area contributed by atoms with Crippen LogP contribution in [0, 0.1) is 0 Å². The lowest BCUT2D eigenvalue weighted by molar-refractivity contribution is 2.24. The smallest absolute Gasteiger partial charge is 0.00657 e. The number of rotatable bonds is 2. The van der Waals surface area contributed by atoms with Crippen molar-refractivity contribution in [3.63, 3.8) is 0 Å². The van der Waals surface area contributed by atoms with Crippen molar-refractivity contribution in [2.45, 2.75) is 13.1 Å². The van der Waals surface area contributed by atoms with Gasteiger partial charge in [-0.25, -0.2) is 0 Å². The number of hydrogen-bond donors (Lipinski definition) is 0. The second-order valence-electron chi connectivity index (χ2n) is 2.63. The first-order valence-corrected chi connectivity index (χ1v) is 21.7. The maximum atomic E-state index is 2.63. The van der Waals surface area contributed by atoms with Crippen molar-refractivity contribution in [2.24, 2.45) is 0 Å². The van der Waals surface area contributed by atoms with Crippen LogP contribution in [0.25, 0.3) is 0 Å². The van der Waals surface area contributed by atoms with Crippen LogP contribution in [0.1, 0.15) is 0 Å². The molecule has 7 heavy (non-hydrogen) atoms. The average Bonchev–Trinajstić information content (AvgIpc) is 1.65. The van der Waals surface area contributed by atoms with Crippen molar-refractivity contribution in [1.82, 2.24) is 0 Å². The van der Waals surface area contributed by atoms with Crippen molar-refractivity contribution in [3.05, 3.63) is 0 Å². The molecule has 44 valence electrons. The molecule has 0 aromatic heterocycles. The van der Waals surface area contributed by atoms with Crippen LogP contribution in [-0.2, 0) is 0 Å². The predicted molar refractivity (Wildman–Crippen MR) is 54.4 cm³/mol. The molecular formula is C2H16Si5. The Hall–Kier alpha value is 1.08. The summed E-state index contributed by atoms with van der Waals surface area (Å²) in [6.45, 7) is 5.22. The van der Waals surface area contributed by atoms with Gasteiger partial charge in [-0.1, -0.05) is 13.1 Å². The predicted octanol–water partition coefficient (Wildman–Crippen LogP) is -3.41. The first-order chi connectivity index (χ1) is 3.18. The Bertz CT molecular complexity index is 43.3. The fourth-order valence-electron chi connectivity index (χ4n) is 0.471. The second kappa shape index (κ2) is 4.01. The van der Waals surface area contributed by atoms with E-state index in [0.717, 1.165) is 0 Å². The van der Waals surface area contributed by atoms with E-state index in [1.54, 1.807) is 19.5 Å². The molecule has 0 aromatic rings. The highest BCUT2D eigenvalue weighted by molar-refractivity contribution is 7.61. The van der Waals surface area contributed by atoms with Crippen LogP contribution in [-0.4, -0.2) is 43.7 Å². The summed E-state index contributed by atoms with van der Waals surface area (Å²) >= 11 is 0. The third-order valence-electron chi connectivity index (χ3n) is 1.78. The zero-order valence-electron chi connectivity index (χ0n) is 5.86. The Morgan fingerprint density at radius 3 is 1.86 bits per heavy atom. The SMILES string of the molecule is C[SiH]([SiH3])[SiH](C)[SiH2][SiH3]. The van der Waals surface area contributed by atoms with Gasteiger partial charge >= 0.3 is 0 Å². The minimum Gasteiger partial charge on any atom is -0.0768 e. The molecule has 0 N–H and O–H groups in total. The van der Waals surface area contributed by atoms with Crippen molar-refractivity contribution in [1.29, 1.82) is 0 Å². The third-order valence-corrected chi connectivity index (χ3v) is 67.6. The maximum Gasteiger partial charge on any atom is 0.00657 e. The van der Waals surface area contributed by atoms with Crippen LogP contribution < -0.4 is 0 Å². The van der Waals surface area contributed by atoms with Crippen molar-refractivity contribution in [2.75, 3.05) is 0 Å².